The number of thiophene rings is 1. The third-order valence-corrected chi connectivity index (χ3v) is 4.67. The van der Waals surface area contributed by atoms with Gasteiger partial charge >= 0.3 is 0 Å². The molecule has 21 heavy (non-hydrogen) atoms. The lowest BCUT2D eigenvalue weighted by atomic mass is 10.0. The van der Waals surface area contributed by atoms with Crippen LogP contribution in [0.25, 0.3) is 0 Å². The molecule has 1 aliphatic heterocycles. The van der Waals surface area contributed by atoms with Crippen molar-refractivity contribution in [1.29, 1.82) is 0 Å². The van der Waals surface area contributed by atoms with Gasteiger partial charge in [-0.05, 0) is 36.4 Å². The van der Waals surface area contributed by atoms with Gasteiger partial charge in [0, 0.05) is 37.8 Å². The van der Waals surface area contributed by atoms with Crippen LogP contribution >= 0.6 is 11.3 Å². The molecule has 5 nitrogen and oxygen atoms in total. The minimum Gasteiger partial charge on any atom is -0.355 e. The van der Waals surface area contributed by atoms with Crippen molar-refractivity contribution in [1.82, 2.24) is 15.1 Å². The Bertz CT molecular complexity index is 579. The Balaban J connectivity index is 1.59. The van der Waals surface area contributed by atoms with E-state index in [0.717, 1.165) is 37.3 Å². The number of rotatable bonds is 3. The first-order chi connectivity index (χ1) is 10.3. The zero-order valence-corrected chi connectivity index (χ0v) is 12.8. The summed E-state index contributed by atoms with van der Waals surface area (Å²) in [6.07, 6.45) is 3.60. The normalized spacial score (nSPS) is 16.0. The summed E-state index contributed by atoms with van der Waals surface area (Å²) in [6.45, 7) is 1.59. The highest BCUT2D eigenvalue weighted by molar-refractivity contribution is 7.08. The van der Waals surface area contributed by atoms with Crippen LogP contribution in [-0.4, -0.2) is 47.2 Å². The van der Waals surface area contributed by atoms with Crippen LogP contribution in [0.4, 0.5) is 5.82 Å². The predicted molar refractivity (Wildman–Crippen MR) is 83.7 cm³/mol. The van der Waals surface area contributed by atoms with E-state index in [-0.39, 0.29) is 5.91 Å². The number of anilines is 1. The summed E-state index contributed by atoms with van der Waals surface area (Å²) in [7, 11) is 2.05. The third kappa shape index (κ3) is 3.05. The maximum atomic E-state index is 12.3. The topological polar surface area (TPSA) is 49.3 Å². The summed E-state index contributed by atoms with van der Waals surface area (Å²) in [5.41, 5.74) is 0.806. The zero-order valence-electron chi connectivity index (χ0n) is 12.0. The minimum absolute atomic E-state index is 0.150. The maximum Gasteiger partial charge on any atom is 0.254 e. The highest BCUT2D eigenvalue weighted by atomic mass is 32.1. The van der Waals surface area contributed by atoms with Gasteiger partial charge in [0.2, 0.25) is 0 Å². The van der Waals surface area contributed by atoms with E-state index in [9.17, 15) is 4.79 Å². The average molecular weight is 302 g/mol. The number of amides is 1. The summed E-state index contributed by atoms with van der Waals surface area (Å²) >= 11 is 1.56. The molecule has 1 aliphatic rings. The molecule has 0 aliphatic carbocycles. The number of carbonyl (C=O) groups excluding carboxylic acids is 1. The summed E-state index contributed by atoms with van der Waals surface area (Å²) in [6, 6.07) is 6.17. The molecule has 3 rings (SSSR count). The fourth-order valence-electron chi connectivity index (χ4n) is 2.69. The zero-order chi connectivity index (χ0) is 14.7. The lowest BCUT2D eigenvalue weighted by Gasteiger charge is -2.37. The molecule has 0 spiro atoms. The Morgan fingerprint density at radius 2 is 2.19 bits per heavy atom. The molecule has 0 N–H and O–H groups in total. The van der Waals surface area contributed by atoms with Crippen LogP contribution in [0.3, 0.4) is 0 Å². The molecule has 2 aromatic heterocycles. The van der Waals surface area contributed by atoms with Crippen molar-refractivity contribution in [2.24, 2.45) is 0 Å². The summed E-state index contributed by atoms with van der Waals surface area (Å²) < 4.78 is 0. The second kappa shape index (κ2) is 6.22. The van der Waals surface area contributed by atoms with Crippen LogP contribution in [-0.2, 0) is 0 Å². The molecule has 1 amide bonds. The highest BCUT2D eigenvalue weighted by Crippen LogP contribution is 2.21. The lowest BCUT2D eigenvalue weighted by Crippen LogP contribution is -2.45. The van der Waals surface area contributed by atoms with Crippen molar-refractivity contribution in [3.05, 3.63) is 40.7 Å². The quantitative estimate of drug-likeness (QED) is 0.873. The molecule has 0 radical (unpaired) electrons. The number of aromatic nitrogens is 2. The van der Waals surface area contributed by atoms with Gasteiger partial charge in [0.15, 0.2) is 5.82 Å². The fourth-order valence-corrected chi connectivity index (χ4v) is 3.32. The van der Waals surface area contributed by atoms with Crippen molar-refractivity contribution in [2.45, 2.75) is 18.9 Å². The Kier molecular flexibility index (Phi) is 4.15. The van der Waals surface area contributed by atoms with Gasteiger partial charge in [-0.3, -0.25) is 4.79 Å². The number of hydrogen-bond donors (Lipinski definition) is 0. The number of hydrogen-bond acceptors (Lipinski definition) is 5. The van der Waals surface area contributed by atoms with E-state index in [1.165, 1.54) is 0 Å². The second-order valence-electron chi connectivity index (χ2n) is 5.23. The highest BCUT2D eigenvalue weighted by Gasteiger charge is 2.26. The predicted octanol–water partition coefficient (Wildman–Crippen LogP) is 2.28. The van der Waals surface area contributed by atoms with Crippen LogP contribution in [0.2, 0.25) is 0 Å². The van der Waals surface area contributed by atoms with E-state index in [4.69, 9.17) is 0 Å². The summed E-state index contributed by atoms with van der Waals surface area (Å²) in [5, 5.41) is 11.9. The molecular weight excluding hydrogens is 284 g/mol. The smallest absolute Gasteiger partial charge is 0.254 e. The van der Waals surface area contributed by atoms with Gasteiger partial charge in [-0.15, -0.1) is 5.10 Å². The van der Waals surface area contributed by atoms with Gasteiger partial charge in [0.1, 0.15) is 0 Å². The van der Waals surface area contributed by atoms with E-state index in [0.29, 0.717) is 6.04 Å². The molecule has 3 heterocycles. The maximum absolute atomic E-state index is 12.3. The van der Waals surface area contributed by atoms with Gasteiger partial charge in [0.05, 0.1) is 5.56 Å². The van der Waals surface area contributed by atoms with Crippen LogP contribution < -0.4 is 4.90 Å². The molecule has 1 saturated heterocycles. The molecule has 6 heteroatoms. The molecule has 0 atom stereocenters. The molecule has 110 valence electrons. The lowest BCUT2D eigenvalue weighted by molar-refractivity contribution is 0.0713. The van der Waals surface area contributed by atoms with Gasteiger partial charge < -0.3 is 9.80 Å². The summed E-state index contributed by atoms with van der Waals surface area (Å²) in [4.78, 5) is 16.4. The van der Waals surface area contributed by atoms with Crippen LogP contribution in [0.5, 0.6) is 0 Å². The van der Waals surface area contributed by atoms with Gasteiger partial charge in [-0.25, -0.2) is 0 Å². The van der Waals surface area contributed by atoms with E-state index in [1.54, 1.807) is 17.5 Å². The van der Waals surface area contributed by atoms with Crippen LogP contribution in [0, 0.1) is 0 Å². The van der Waals surface area contributed by atoms with Crippen molar-refractivity contribution in [3.8, 4) is 0 Å². The van der Waals surface area contributed by atoms with E-state index >= 15 is 0 Å². The number of carbonyl (C=O) groups is 1. The van der Waals surface area contributed by atoms with Gasteiger partial charge in [-0.2, -0.15) is 16.4 Å². The molecule has 2 aromatic rings. The molecule has 0 saturated carbocycles. The Morgan fingerprint density at radius 3 is 2.81 bits per heavy atom. The van der Waals surface area contributed by atoms with Crippen LogP contribution in [0.15, 0.2) is 35.2 Å². The Labute approximate surface area is 128 Å². The summed E-state index contributed by atoms with van der Waals surface area (Å²) in [5.74, 6) is 1.04. The number of likely N-dealkylation sites (tertiary alicyclic amines) is 1. The first-order valence-corrected chi connectivity index (χ1v) is 8.02. The fraction of sp³-hybridized carbons (Fsp3) is 0.400. The van der Waals surface area contributed by atoms with E-state index < -0.39 is 0 Å². The molecule has 0 bridgehead atoms. The van der Waals surface area contributed by atoms with Crippen molar-refractivity contribution >= 4 is 23.1 Å². The monoisotopic (exact) mass is 302 g/mol. The molecule has 1 fully saturated rings. The first kappa shape index (κ1) is 14.0. The standard InChI is InChI=1S/C15H18N4OS/c1-18(14-3-2-7-16-17-14)13-4-8-19(9-5-13)15(20)12-6-10-21-11-12/h2-3,6-7,10-11,13H,4-5,8-9H2,1H3. The van der Waals surface area contributed by atoms with Crippen LogP contribution in [0.1, 0.15) is 23.2 Å². The molecule has 0 aromatic carbocycles. The van der Waals surface area contributed by atoms with Gasteiger partial charge in [-0.1, -0.05) is 0 Å². The first-order valence-electron chi connectivity index (χ1n) is 7.07. The van der Waals surface area contributed by atoms with Crippen molar-refractivity contribution in [2.75, 3.05) is 25.0 Å². The van der Waals surface area contributed by atoms with Gasteiger partial charge in [0.25, 0.3) is 5.91 Å². The molecular formula is C15H18N4OS. The van der Waals surface area contributed by atoms with Crippen molar-refractivity contribution < 1.29 is 4.79 Å². The Morgan fingerprint density at radius 1 is 1.38 bits per heavy atom. The number of piperidine rings is 1. The SMILES string of the molecule is CN(c1cccnn1)C1CCN(C(=O)c2ccsc2)CC1. The van der Waals surface area contributed by atoms with Crippen molar-refractivity contribution in [3.63, 3.8) is 0 Å². The molecule has 0 unspecified atom stereocenters. The number of nitrogens with zero attached hydrogens (tertiary/aromatic N) is 4. The average Bonchev–Trinajstić information content (AvgIpc) is 3.09. The largest absolute Gasteiger partial charge is 0.355 e. The minimum atomic E-state index is 0.150. The van der Waals surface area contributed by atoms with E-state index in [2.05, 4.69) is 15.1 Å². The van der Waals surface area contributed by atoms with E-state index in [1.807, 2.05) is 40.9 Å². The Hall–Kier alpha value is -1.95. The second-order valence-corrected chi connectivity index (χ2v) is 6.01. The third-order valence-electron chi connectivity index (χ3n) is 3.99.